The number of carbonyl (C=O) groups excluding carboxylic acids is 2. The molecule has 1 aromatic carbocycles. The van der Waals surface area contributed by atoms with Crippen molar-refractivity contribution in [3.8, 4) is 0 Å². The normalized spacial score (nSPS) is 14.6. The van der Waals surface area contributed by atoms with Crippen LogP contribution in [0.4, 0.5) is 5.69 Å². The molecule has 0 radical (unpaired) electrons. The monoisotopic (exact) mass is 427 g/mol. The van der Waals surface area contributed by atoms with Crippen molar-refractivity contribution < 1.29 is 9.59 Å². The average molecular weight is 428 g/mol. The Hall–Kier alpha value is -3.87. The molecule has 32 heavy (non-hydrogen) atoms. The molecule has 1 fully saturated rings. The van der Waals surface area contributed by atoms with Crippen molar-refractivity contribution in [1.29, 1.82) is 0 Å². The molecule has 4 aromatic rings. The lowest BCUT2D eigenvalue weighted by Gasteiger charge is -2.31. The summed E-state index contributed by atoms with van der Waals surface area (Å²) in [6.45, 7) is 1.36. The summed E-state index contributed by atoms with van der Waals surface area (Å²) in [5.74, 6) is 0.174. The number of rotatable bonds is 4. The van der Waals surface area contributed by atoms with E-state index in [-0.39, 0.29) is 17.7 Å². The van der Waals surface area contributed by atoms with Crippen molar-refractivity contribution in [2.24, 2.45) is 0 Å². The Balaban J connectivity index is 1.22. The van der Waals surface area contributed by atoms with Crippen LogP contribution in [0, 0.1) is 0 Å². The number of likely N-dealkylation sites (tertiary alicyclic amines) is 1. The zero-order chi connectivity index (χ0) is 22.1. The van der Waals surface area contributed by atoms with E-state index in [9.17, 15) is 9.59 Å². The Morgan fingerprint density at radius 1 is 1.03 bits per heavy atom. The Kier molecular flexibility index (Phi) is 5.23. The molecule has 0 bridgehead atoms. The predicted molar refractivity (Wildman–Crippen MR) is 123 cm³/mol. The lowest BCUT2D eigenvalue weighted by atomic mass is 9.93. The molecule has 3 aromatic heterocycles. The maximum Gasteiger partial charge on any atom is 0.278 e. The second kappa shape index (κ2) is 8.34. The quantitative estimate of drug-likeness (QED) is 0.536. The number of anilines is 1. The van der Waals surface area contributed by atoms with Crippen LogP contribution in [0.1, 0.15) is 45.3 Å². The van der Waals surface area contributed by atoms with Gasteiger partial charge in [0.2, 0.25) is 0 Å². The van der Waals surface area contributed by atoms with Crippen molar-refractivity contribution in [2.45, 2.75) is 18.8 Å². The molecule has 4 heterocycles. The maximum atomic E-state index is 13.0. The van der Waals surface area contributed by atoms with Crippen LogP contribution in [0.25, 0.3) is 5.52 Å². The molecule has 7 heteroatoms. The molecule has 0 spiro atoms. The van der Waals surface area contributed by atoms with Gasteiger partial charge in [0.15, 0.2) is 5.69 Å². The van der Waals surface area contributed by atoms with Gasteiger partial charge in [0.25, 0.3) is 11.8 Å². The number of hydrogen-bond acceptors (Lipinski definition) is 3. The number of carbonyl (C=O) groups is 2. The first-order valence-electron chi connectivity index (χ1n) is 10.8. The van der Waals surface area contributed by atoms with Crippen LogP contribution in [-0.2, 0) is 0 Å². The summed E-state index contributed by atoms with van der Waals surface area (Å²) in [7, 11) is 1.75. The summed E-state index contributed by atoms with van der Waals surface area (Å²) in [5, 5.41) is 7.32. The van der Waals surface area contributed by atoms with Crippen LogP contribution in [0.3, 0.4) is 0 Å². The minimum Gasteiger partial charge on any atom is -0.339 e. The first kappa shape index (κ1) is 20.1. The highest BCUT2D eigenvalue weighted by molar-refractivity contribution is 6.04. The molecular weight excluding hydrogens is 402 g/mol. The molecule has 7 nitrogen and oxygen atoms in total. The Bertz CT molecular complexity index is 1220. The molecule has 0 unspecified atom stereocenters. The van der Waals surface area contributed by atoms with E-state index in [2.05, 4.69) is 10.2 Å². The zero-order valence-corrected chi connectivity index (χ0v) is 17.9. The van der Waals surface area contributed by atoms with Gasteiger partial charge in [-0.05, 0) is 49.2 Å². The van der Waals surface area contributed by atoms with Gasteiger partial charge in [-0.2, -0.15) is 5.10 Å². The van der Waals surface area contributed by atoms with E-state index in [4.69, 9.17) is 0 Å². The largest absolute Gasteiger partial charge is 0.339 e. The number of benzene rings is 1. The van der Waals surface area contributed by atoms with Crippen molar-refractivity contribution in [3.63, 3.8) is 0 Å². The van der Waals surface area contributed by atoms with E-state index < -0.39 is 0 Å². The molecule has 162 valence electrons. The number of fused-ring (bicyclic) bond motifs is 1. The van der Waals surface area contributed by atoms with Gasteiger partial charge in [0, 0.05) is 55.3 Å². The number of hydrogen-bond donors (Lipinski definition) is 1. The van der Waals surface area contributed by atoms with Crippen LogP contribution in [0.2, 0.25) is 0 Å². The molecule has 5 rings (SSSR count). The van der Waals surface area contributed by atoms with E-state index in [1.54, 1.807) is 11.9 Å². The minimum absolute atomic E-state index is 0.0668. The van der Waals surface area contributed by atoms with Gasteiger partial charge < -0.3 is 14.2 Å². The number of piperidine rings is 1. The van der Waals surface area contributed by atoms with Gasteiger partial charge in [-0.1, -0.05) is 24.3 Å². The van der Waals surface area contributed by atoms with Crippen molar-refractivity contribution in [2.75, 3.05) is 25.0 Å². The molecule has 1 aliphatic heterocycles. The highest BCUT2D eigenvalue weighted by Crippen LogP contribution is 2.28. The second-order valence-corrected chi connectivity index (χ2v) is 8.24. The number of aromatic nitrogens is 3. The van der Waals surface area contributed by atoms with E-state index in [1.807, 2.05) is 82.4 Å². The molecule has 1 N–H and O–H groups in total. The van der Waals surface area contributed by atoms with Gasteiger partial charge in [-0.25, -0.2) is 0 Å². The fraction of sp³-hybridized carbons (Fsp3) is 0.240. The maximum absolute atomic E-state index is 13.0. The molecule has 0 atom stereocenters. The van der Waals surface area contributed by atoms with Crippen LogP contribution in [0.15, 0.2) is 73.1 Å². The number of para-hydroxylation sites is 1. The smallest absolute Gasteiger partial charge is 0.278 e. The Morgan fingerprint density at radius 3 is 2.53 bits per heavy atom. The zero-order valence-electron chi connectivity index (χ0n) is 17.9. The third-order valence-corrected chi connectivity index (χ3v) is 6.24. The van der Waals surface area contributed by atoms with Gasteiger partial charge in [-0.3, -0.25) is 14.7 Å². The molecule has 0 aliphatic carbocycles. The van der Waals surface area contributed by atoms with E-state index in [0.717, 1.165) is 29.7 Å². The summed E-state index contributed by atoms with van der Waals surface area (Å²) >= 11 is 0. The summed E-state index contributed by atoms with van der Waals surface area (Å²) < 4.78 is 1.97. The van der Waals surface area contributed by atoms with Crippen LogP contribution in [-0.4, -0.2) is 51.4 Å². The van der Waals surface area contributed by atoms with E-state index in [0.29, 0.717) is 24.3 Å². The summed E-state index contributed by atoms with van der Waals surface area (Å²) in [6.07, 6.45) is 5.51. The predicted octanol–water partition coefficient (Wildman–Crippen LogP) is 3.96. The van der Waals surface area contributed by atoms with Crippen LogP contribution < -0.4 is 4.90 Å². The van der Waals surface area contributed by atoms with Gasteiger partial charge >= 0.3 is 0 Å². The molecule has 1 aliphatic rings. The SMILES string of the molecule is CN(C(=O)c1cc(C2CCN(C(=O)c3cc4ccccn4c3)CC2)[nH]n1)c1ccccc1. The lowest BCUT2D eigenvalue weighted by Crippen LogP contribution is -2.37. The van der Waals surface area contributed by atoms with Crippen LogP contribution >= 0.6 is 0 Å². The van der Waals surface area contributed by atoms with Crippen LogP contribution in [0.5, 0.6) is 0 Å². The molecule has 0 saturated carbocycles. The van der Waals surface area contributed by atoms with Crippen molar-refractivity contribution >= 4 is 23.0 Å². The Morgan fingerprint density at radius 2 is 1.78 bits per heavy atom. The number of nitrogens with zero attached hydrogens (tertiary/aromatic N) is 4. The molecule has 2 amide bonds. The number of aromatic amines is 1. The highest BCUT2D eigenvalue weighted by atomic mass is 16.2. The van der Waals surface area contributed by atoms with Crippen molar-refractivity contribution in [3.05, 3.63) is 90.0 Å². The third kappa shape index (κ3) is 3.77. The topological polar surface area (TPSA) is 73.7 Å². The fourth-order valence-electron chi connectivity index (χ4n) is 4.34. The second-order valence-electron chi connectivity index (χ2n) is 8.24. The average Bonchev–Trinajstić information content (AvgIpc) is 3.51. The fourth-order valence-corrected chi connectivity index (χ4v) is 4.34. The first-order chi connectivity index (χ1) is 15.6. The molecule has 1 saturated heterocycles. The summed E-state index contributed by atoms with van der Waals surface area (Å²) in [6, 6.07) is 19.2. The first-order valence-corrected chi connectivity index (χ1v) is 10.8. The number of amides is 2. The summed E-state index contributed by atoms with van der Waals surface area (Å²) in [4.78, 5) is 29.3. The van der Waals surface area contributed by atoms with Gasteiger partial charge in [-0.15, -0.1) is 0 Å². The van der Waals surface area contributed by atoms with Crippen molar-refractivity contribution in [1.82, 2.24) is 19.5 Å². The standard InChI is InChI=1S/C25H25N5O2/c1-28(20-7-3-2-4-8-20)25(32)23-16-22(26-27-23)18-10-13-29(14-11-18)24(31)19-15-21-9-5-6-12-30(21)17-19/h2-9,12,15-18H,10-11,13-14H2,1H3,(H,26,27). The summed E-state index contributed by atoms with van der Waals surface area (Å²) in [5.41, 5.74) is 3.92. The number of nitrogens with one attached hydrogen (secondary N) is 1. The molecular formula is C25H25N5O2. The van der Waals surface area contributed by atoms with E-state index >= 15 is 0 Å². The minimum atomic E-state index is -0.146. The van der Waals surface area contributed by atoms with Gasteiger partial charge in [0.1, 0.15) is 0 Å². The highest BCUT2D eigenvalue weighted by Gasteiger charge is 2.27. The number of pyridine rings is 1. The number of H-pyrrole nitrogens is 1. The Labute approximate surface area is 186 Å². The lowest BCUT2D eigenvalue weighted by molar-refractivity contribution is 0.0712. The third-order valence-electron chi connectivity index (χ3n) is 6.24. The van der Waals surface area contributed by atoms with E-state index in [1.165, 1.54) is 0 Å². The van der Waals surface area contributed by atoms with Gasteiger partial charge in [0.05, 0.1) is 5.56 Å².